The third kappa shape index (κ3) is 4.93. The minimum absolute atomic E-state index is 0.0319. The van der Waals surface area contributed by atoms with Crippen molar-refractivity contribution in [1.82, 2.24) is 14.7 Å². The molecule has 2 aromatic carbocycles. The summed E-state index contributed by atoms with van der Waals surface area (Å²) < 4.78 is 25.5. The fourth-order valence-corrected chi connectivity index (χ4v) is 4.49. The third-order valence-corrected chi connectivity index (χ3v) is 6.58. The molecule has 1 amide bonds. The van der Waals surface area contributed by atoms with Crippen LogP contribution in [0.5, 0.6) is 11.5 Å². The lowest BCUT2D eigenvalue weighted by atomic mass is 10.1. The Morgan fingerprint density at radius 2 is 1.74 bits per heavy atom. The molecule has 1 fully saturated rings. The number of methoxy groups -OCH3 is 2. The van der Waals surface area contributed by atoms with Gasteiger partial charge in [-0.2, -0.15) is 5.10 Å². The molecule has 1 aliphatic heterocycles. The van der Waals surface area contributed by atoms with Gasteiger partial charge in [-0.3, -0.25) is 9.48 Å². The lowest BCUT2D eigenvalue weighted by Crippen LogP contribution is -2.49. The number of anilines is 1. The number of hydrogen-bond donors (Lipinski definition) is 0. The summed E-state index contributed by atoms with van der Waals surface area (Å²) in [4.78, 5) is 17.1. The summed E-state index contributed by atoms with van der Waals surface area (Å²) in [5.74, 6) is 1.19. The van der Waals surface area contributed by atoms with E-state index >= 15 is 0 Å². The number of amides is 1. The minimum atomic E-state index is -0.813. The Hall–Kier alpha value is -2.97. The number of carbonyl (C=O) groups is 1. The molecule has 2 heterocycles. The first-order valence-corrected chi connectivity index (χ1v) is 11.5. The van der Waals surface area contributed by atoms with E-state index in [0.717, 1.165) is 11.3 Å². The molecule has 3 aromatic rings. The average Bonchev–Trinajstić information content (AvgIpc) is 3.19. The number of piperazine rings is 1. The Morgan fingerprint density at radius 1 is 1.03 bits per heavy atom. The number of nitrogens with zero attached hydrogens (tertiary/aromatic N) is 4. The van der Waals surface area contributed by atoms with Gasteiger partial charge in [0.2, 0.25) is 5.91 Å². The summed E-state index contributed by atoms with van der Waals surface area (Å²) >= 11 is 12.6. The average molecular weight is 507 g/mol. The molecule has 1 aromatic heterocycles. The predicted octanol–water partition coefficient (Wildman–Crippen LogP) is 4.69. The van der Waals surface area contributed by atoms with Gasteiger partial charge in [-0.05, 0) is 36.4 Å². The van der Waals surface area contributed by atoms with Crippen LogP contribution in [0.3, 0.4) is 0 Å². The zero-order valence-electron chi connectivity index (χ0n) is 18.9. The van der Waals surface area contributed by atoms with Gasteiger partial charge in [-0.1, -0.05) is 23.2 Å². The molecule has 0 saturated carbocycles. The second-order valence-electron chi connectivity index (χ2n) is 7.82. The molecule has 1 saturated heterocycles. The Bertz CT molecular complexity index is 1160. The van der Waals surface area contributed by atoms with E-state index in [4.69, 9.17) is 32.7 Å². The highest BCUT2D eigenvalue weighted by Gasteiger charge is 2.25. The third-order valence-electron chi connectivity index (χ3n) is 5.87. The molecule has 0 atom stereocenters. The van der Waals surface area contributed by atoms with E-state index in [0.29, 0.717) is 48.4 Å². The maximum absolute atomic E-state index is 13.5. The van der Waals surface area contributed by atoms with Crippen LogP contribution in [-0.4, -0.2) is 61.0 Å². The van der Waals surface area contributed by atoms with Crippen LogP contribution in [0.4, 0.5) is 10.1 Å². The summed E-state index contributed by atoms with van der Waals surface area (Å²) in [5.41, 5.74) is 2.34. The Labute approximate surface area is 207 Å². The molecule has 0 spiro atoms. The monoisotopic (exact) mass is 506 g/mol. The highest BCUT2D eigenvalue weighted by atomic mass is 35.5. The molecule has 0 N–H and O–H groups in total. The van der Waals surface area contributed by atoms with E-state index < -0.39 is 6.67 Å². The van der Waals surface area contributed by atoms with E-state index in [-0.39, 0.29) is 23.2 Å². The fraction of sp³-hybridized carbons (Fsp3) is 0.333. The van der Waals surface area contributed by atoms with E-state index in [1.165, 1.54) is 4.68 Å². The van der Waals surface area contributed by atoms with Crippen LogP contribution < -0.4 is 14.4 Å². The van der Waals surface area contributed by atoms with Crippen LogP contribution >= 0.6 is 23.2 Å². The van der Waals surface area contributed by atoms with Crippen LogP contribution in [0, 0.1) is 0 Å². The number of alkyl halides is 1. The van der Waals surface area contributed by atoms with Crippen molar-refractivity contribution < 1.29 is 18.7 Å². The molecule has 0 radical (unpaired) electrons. The topological polar surface area (TPSA) is 59.8 Å². The van der Waals surface area contributed by atoms with Crippen LogP contribution in [0.15, 0.2) is 42.5 Å². The normalized spacial score (nSPS) is 13.8. The lowest BCUT2D eigenvalue weighted by Gasteiger charge is -2.36. The van der Waals surface area contributed by atoms with Crippen molar-refractivity contribution >= 4 is 34.8 Å². The standard InChI is InChI=1S/C24H25Cl2FN4O3/c1-33-18-6-3-16(4-7-18)24-23(26)20(14-27)28-31(24)15-22(32)30-11-9-29(10-12-30)17-5-8-19(25)21(13-17)34-2/h3-8,13H,9-12,14-15H2,1-2H3. The SMILES string of the molecule is COc1ccc(-c2c(Cl)c(CF)nn2CC(=O)N2CCN(c3ccc(Cl)c(OC)c3)CC2)cc1. The molecule has 0 bridgehead atoms. The largest absolute Gasteiger partial charge is 0.497 e. The molecular formula is C24H25Cl2FN4O3. The second kappa shape index (κ2) is 10.5. The van der Waals surface area contributed by atoms with Crippen molar-refractivity contribution in [3.05, 3.63) is 58.2 Å². The van der Waals surface area contributed by atoms with Gasteiger partial charge < -0.3 is 19.3 Å². The van der Waals surface area contributed by atoms with E-state index in [9.17, 15) is 9.18 Å². The number of halogens is 3. The summed E-state index contributed by atoms with van der Waals surface area (Å²) in [6.07, 6.45) is 0. The lowest BCUT2D eigenvalue weighted by molar-refractivity contribution is -0.132. The van der Waals surface area contributed by atoms with Gasteiger partial charge in [-0.15, -0.1) is 0 Å². The van der Waals surface area contributed by atoms with Crippen molar-refractivity contribution in [1.29, 1.82) is 0 Å². The van der Waals surface area contributed by atoms with Crippen LogP contribution in [0.2, 0.25) is 10.0 Å². The smallest absolute Gasteiger partial charge is 0.244 e. The van der Waals surface area contributed by atoms with Crippen molar-refractivity contribution in [2.24, 2.45) is 0 Å². The zero-order valence-corrected chi connectivity index (χ0v) is 20.4. The zero-order chi connectivity index (χ0) is 24.2. The van der Waals surface area contributed by atoms with Crippen LogP contribution in [0.25, 0.3) is 11.3 Å². The first-order valence-electron chi connectivity index (χ1n) is 10.8. The fourth-order valence-electron chi connectivity index (χ4n) is 4.00. The first kappa shape index (κ1) is 24.2. The number of hydrogen-bond acceptors (Lipinski definition) is 5. The minimum Gasteiger partial charge on any atom is -0.497 e. The molecule has 180 valence electrons. The molecule has 34 heavy (non-hydrogen) atoms. The molecule has 0 aliphatic carbocycles. The van der Waals surface area contributed by atoms with Gasteiger partial charge in [0.15, 0.2) is 0 Å². The molecule has 0 unspecified atom stereocenters. The van der Waals surface area contributed by atoms with Gasteiger partial charge >= 0.3 is 0 Å². The van der Waals surface area contributed by atoms with Crippen LogP contribution in [0.1, 0.15) is 5.69 Å². The molecule has 10 heteroatoms. The Kier molecular flexibility index (Phi) is 7.48. The van der Waals surface area contributed by atoms with Crippen molar-refractivity contribution in [2.45, 2.75) is 13.2 Å². The van der Waals surface area contributed by atoms with E-state index in [1.54, 1.807) is 37.3 Å². The van der Waals surface area contributed by atoms with Gasteiger partial charge in [0.25, 0.3) is 0 Å². The predicted molar refractivity (Wildman–Crippen MR) is 131 cm³/mol. The van der Waals surface area contributed by atoms with Crippen molar-refractivity contribution in [3.63, 3.8) is 0 Å². The Morgan fingerprint density at radius 3 is 2.35 bits per heavy atom. The number of benzene rings is 2. The maximum Gasteiger partial charge on any atom is 0.244 e. The highest BCUT2D eigenvalue weighted by Crippen LogP contribution is 2.33. The second-order valence-corrected chi connectivity index (χ2v) is 8.60. The number of aromatic nitrogens is 2. The Balaban J connectivity index is 1.47. The molecule has 7 nitrogen and oxygen atoms in total. The van der Waals surface area contributed by atoms with Crippen molar-refractivity contribution in [2.75, 3.05) is 45.3 Å². The highest BCUT2D eigenvalue weighted by molar-refractivity contribution is 6.33. The van der Waals surface area contributed by atoms with E-state index in [1.807, 2.05) is 24.3 Å². The number of carbonyl (C=O) groups excluding carboxylic acids is 1. The summed E-state index contributed by atoms with van der Waals surface area (Å²) in [6.45, 7) is 1.58. The maximum atomic E-state index is 13.5. The molecule has 4 rings (SSSR count). The van der Waals surface area contributed by atoms with Gasteiger partial charge in [-0.25, -0.2) is 4.39 Å². The number of rotatable bonds is 7. The van der Waals surface area contributed by atoms with Gasteiger partial charge in [0.05, 0.1) is 30.0 Å². The van der Waals surface area contributed by atoms with Gasteiger partial charge in [0.1, 0.15) is 30.4 Å². The summed E-state index contributed by atoms with van der Waals surface area (Å²) in [7, 11) is 3.16. The van der Waals surface area contributed by atoms with E-state index in [2.05, 4.69) is 10.00 Å². The quantitative estimate of drug-likeness (QED) is 0.465. The summed E-state index contributed by atoms with van der Waals surface area (Å²) in [5, 5.41) is 5.03. The molecule has 1 aliphatic rings. The first-order chi connectivity index (χ1) is 16.4. The van der Waals surface area contributed by atoms with Crippen molar-refractivity contribution in [3.8, 4) is 22.8 Å². The summed E-state index contributed by atoms with van der Waals surface area (Å²) in [6, 6.07) is 12.8. The van der Waals surface area contributed by atoms with Gasteiger partial charge in [0, 0.05) is 43.5 Å². The molecular weight excluding hydrogens is 482 g/mol. The van der Waals surface area contributed by atoms with Crippen LogP contribution in [-0.2, 0) is 18.0 Å². The number of ether oxygens (including phenoxy) is 2.